The first-order valence-electron chi connectivity index (χ1n) is 5.91. The minimum absolute atomic E-state index is 0.0136. The Hall–Kier alpha value is -1.59. The number of ether oxygens (including phenoxy) is 1. The third-order valence-corrected chi connectivity index (χ3v) is 2.99. The Morgan fingerprint density at radius 3 is 2.32 bits per heavy atom. The summed E-state index contributed by atoms with van der Waals surface area (Å²) in [6.45, 7) is 4.89. The van der Waals surface area contributed by atoms with Crippen LogP contribution in [0.25, 0.3) is 0 Å². The molecule has 0 spiro atoms. The third kappa shape index (κ3) is 4.22. The highest BCUT2D eigenvalue weighted by Crippen LogP contribution is 2.32. The summed E-state index contributed by atoms with van der Waals surface area (Å²) < 4.78 is 41.8. The Balaban J connectivity index is 3.01. The average Bonchev–Trinajstić information content (AvgIpc) is 2.22. The van der Waals surface area contributed by atoms with Crippen LogP contribution in [0.15, 0.2) is 12.1 Å². The van der Waals surface area contributed by atoms with Crippen molar-refractivity contribution in [1.29, 1.82) is 0 Å². The van der Waals surface area contributed by atoms with Crippen LogP contribution in [0.5, 0.6) is 5.75 Å². The zero-order valence-electron chi connectivity index (χ0n) is 11.4. The van der Waals surface area contributed by atoms with Crippen molar-refractivity contribution in [3.05, 3.63) is 17.9 Å². The molecule has 6 heteroatoms. The second-order valence-corrected chi connectivity index (χ2v) is 5.48. The Labute approximate surface area is 110 Å². The Bertz CT molecular complexity index is 444. The molecule has 3 N–H and O–H groups in total. The number of alkyl halides is 2. The molecule has 0 amide bonds. The lowest BCUT2D eigenvalue weighted by Gasteiger charge is -2.29. The summed E-state index contributed by atoms with van der Waals surface area (Å²) >= 11 is 0. The van der Waals surface area contributed by atoms with E-state index in [1.165, 1.54) is 0 Å². The third-order valence-electron chi connectivity index (χ3n) is 2.99. The maximum Gasteiger partial charge on any atom is 0.387 e. The van der Waals surface area contributed by atoms with Crippen molar-refractivity contribution >= 4 is 11.4 Å². The maximum absolute atomic E-state index is 13.4. The van der Waals surface area contributed by atoms with Crippen molar-refractivity contribution in [2.45, 2.75) is 40.3 Å². The van der Waals surface area contributed by atoms with Gasteiger partial charge in [-0.3, -0.25) is 0 Å². The topological polar surface area (TPSA) is 47.3 Å². The van der Waals surface area contributed by atoms with Gasteiger partial charge in [0, 0.05) is 18.2 Å². The van der Waals surface area contributed by atoms with Gasteiger partial charge < -0.3 is 15.8 Å². The quantitative estimate of drug-likeness (QED) is 0.821. The normalized spacial score (nSPS) is 13.5. The summed E-state index contributed by atoms with van der Waals surface area (Å²) in [6.07, 6.45) is 0. The summed E-state index contributed by atoms with van der Waals surface area (Å²) in [4.78, 5) is 0. The number of rotatable bonds is 4. The van der Waals surface area contributed by atoms with Crippen LogP contribution >= 0.6 is 0 Å². The van der Waals surface area contributed by atoms with Crippen LogP contribution < -0.4 is 15.8 Å². The average molecular weight is 276 g/mol. The van der Waals surface area contributed by atoms with E-state index in [0.717, 1.165) is 12.1 Å². The van der Waals surface area contributed by atoms with E-state index < -0.39 is 18.2 Å². The van der Waals surface area contributed by atoms with Crippen LogP contribution in [0.3, 0.4) is 0 Å². The van der Waals surface area contributed by atoms with Crippen LogP contribution in [0.2, 0.25) is 0 Å². The summed E-state index contributed by atoms with van der Waals surface area (Å²) in [5, 5.41) is 3.07. The highest BCUT2D eigenvalue weighted by atomic mass is 19.3. The van der Waals surface area contributed by atoms with Crippen molar-refractivity contribution in [3.8, 4) is 5.75 Å². The van der Waals surface area contributed by atoms with Gasteiger partial charge in [0.2, 0.25) is 0 Å². The van der Waals surface area contributed by atoms with Gasteiger partial charge in [0.05, 0.1) is 11.4 Å². The van der Waals surface area contributed by atoms with Crippen LogP contribution in [0.1, 0.15) is 27.7 Å². The first-order valence-corrected chi connectivity index (χ1v) is 5.91. The van der Waals surface area contributed by atoms with E-state index in [9.17, 15) is 13.2 Å². The number of hydrogen-bond acceptors (Lipinski definition) is 3. The van der Waals surface area contributed by atoms with E-state index in [1.54, 1.807) is 0 Å². The minimum atomic E-state index is -3.08. The van der Waals surface area contributed by atoms with Crippen molar-refractivity contribution < 1.29 is 17.9 Å². The van der Waals surface area contributed by atoms with E-state index in [0.29, 0.717) is 5.69 Å². The molecule has 1 aromatic carbocycles. The number of nitrogens with one attached hydrogen (secondary N) is 1. The molecule has 0 heterocycles. The predicted octanol–water partition coefficient (Wildman–Crippen LogP) is 3.86. The fourth-order valence-corrected chi connectivity index (χ4v) is 1.33. The number of benzene rings is 1. The lowest BCUT2D eigenvalue weighted by Crippen LogP contribution is -2.31. The van der Waals surface area contributed by atoms with Gasteiger partial charge >= 0.3 is 6.61 Å². The van der Waals surface area contributed by atoms with Crippen LogP contribution in [-0.2, 0) is 0 Å². The number of halogens is 3. The van der Waals surface area contributed by atoms with Crippen molar-refractivity contribution in [2.75, 3.05) is 11.1 Å². The predicted molar refractivity (Wildman–Crippen MR) is 70.0 cm³/mol. The molecule has 1 atom stereocenters. The first kappa shape index (κ1) is 15.5. The maximum atomic E-state index is 13.4. The van der Waals surface area contributed by atoms with Gasteiger partial charge in [-0.15, -0.1) is 0 Å². The van der Waals surface area contributed by atoms with Gasteiger partial charge in [-0.2, -0.15) is 8.78 Å². The number of hydrogen-bond donors (Lipinski definition) is 2. The van der Waals surface area contributed by atoms with E-state index in [2.05, 4.69) is 10.1 Å². The molecule has 0 radical (unpaired) electrons. The van der Waals surface area contributed by atoms with Crippen LogP contribution in [-0.4, -0.2) is 12.7 Å². The molecule has 3 nitrogen and oxygen atoms in total. The zero-order chi connectivity index (χ0) is 14.8. The number of anilines is 2. The molecule has 0 aliphatic rings. The molecular weight excluding hydrogens is 257 g/mol. The summed E-state index contributed by atoms with van der Waals surface area (Å²) in [5.41, 5.74) is 6.13. The lowest BCUT2D eigenvalue weighted by molar-refractivity contribution is -0.0521. The molecule has 1 aromatic rings. The summed E-state index contributed by atoms with van der Waals surface area (Å²) in [6, 6.07) is 2.13. The number of nitrogens with two attached hydrogens (primary N) is 1. The first-order chi connectivity index (χ1) is 8.61. The Morgan fingerprint density at radius 2 is 1.84 bits per heavy atom. The molecule has 0 saturated carbocycles. The SMILES string of the molecule is CC(Nc1cc(OC(F)F)c(F)cc1N)C(C)(C)C. The lowest BCUT2D eigenvalue weighted by atomic mass is 9.88. The van der Waals surface area contributed by atoms with Crippen LogP contribution in [0.4, 0.5) is 24.5 Å². The Kier molecular flexibility index (Phi) is 4.55. The fraction of sp³-hybridized carbons (Fsp3) is 0.538. The van der Waals surface area contributed by atoms with Crippen LogP contribution in [0, 0.1) is 11.2 Å². The zero-order valence-corrected chi connectivity index (χ0v) is 11.4. The molecule has 0 fully saturated rings. The van der Waals surface area contributed by atoms with Gasteiger partial charge in [0.1, 0.15) is 0 Å². The smallest absolute Gasteiger partial charge is 0.387 e. The fourth-order valence-electron chi connectivity index (χ4n) is 1.33. The molecule has 0 aliphatic carbocycles. The molecule has 108 valence electrons. The highest BCUT2D eigenvalue weighted by molar-refractivity contribution is 5.69. The van der Waals surface area contributed by atoms with Gasteiger partial charge in [-0.25, -0.2) is 4.39 Å². The second kappa shape index (κ2) is 5.59. The molecular formula is C13H19F3N2O. The molecule has 0 aromatic heterocycles. The van der Waals surface area contributed by atoms with Gasteiger partial charge in [0.15, 0.2) is 11.6 Å². The molecule has 0 aliphatic heterocycles. The van der Waals surface area contributed by atoms with E-state index in [1.807, 2.05) is 27.7 Å². The minimum Gasteiger partial charge on any atom is -0.432 e. The molecule has 0 saturated heterocycles. The van der Waals surface area contributed by atoms with Gasteiger partial charge in [-0.1, -0.05) is 20.8 Å². The molecule has 1 unspecified atom stereocenters. The standard InChI is InChI=1S/C13H19F3N2O/c1-7(13(2,3)4)18-10-6-11(19-12(15)16)8(14)5-9(10)17/h5-7,12,18H,17H2,1-4H3. The molecule has 19 heavy (non-hydrogen) atoms. The van der Waals surface area contributed by atoms with Gasteiger partial charge in [0.25, 0.3) is 0 Å². The van der Waals surface area contributed by atoms with Crippen molar-refractivity contribution in [1.82, 2.24) is 0 Å². The van der Waals surface area contributed by atoms with Crippen molar-refractivity contribution in [3.63, 3.8) is 0 Å². The Morgan fingerprint density at radius 1 is 1.26 bits per heavy atom. The summed E-state index contributed by atoms with van der Waals surface area (Å²) in [7, 11) is 0. The van der Waals surface area contributed by atoms with E-state index in [-0.39, 0.29) is 17.1 Å². The second-order valence-electron chi connectivity index (χ2n) is 5.48. The largest absolute Gasteiger partial charge is 0.432 e. The van der Waals surface area contributed by atoms with Gasteiger partial charge in [-0.05, 0) is 12.3 Å². The molecule has 0 bridgehead atoms. The van der Waals surface area contributed by atoms with E-state index >= 15 is 0 Å². The van der Waals surface area contributed by atoms with E-state index in [4.69, 9.17) is 5.73 Å². The number of nitrogen functional groups attached to an aromatic ring is 1. The highest BCUT2D eigenvalue weighted by Gasteiger charge is 2.21. The monoisotopic (exact) mass is 276 g/mol. The summed E-state index contributed by atoms with van der Waals surface area (Å²) in [5.74, 6) is -1.43. The van der Waals surface area contributed by atoms with Crippen molar-refractivity contribution in [2.24, 2.45) is 5.41 Å². The molecule has 1 rings (SSSR count).